The molecule has 1 atom stereocenters. The molecule has 3 N–H and O–H groups in total. The van der Waals surface area contributed by atoms with Gasteiger partial charge in [0.05, 0.1) is 29.7 Å². The number of carbonyl (C=O) groups excluding carboxylic acids is 1. The highest BCUT2D eigenvalue weighted by Gasteiger charge is 2.37. The lowest BCUT2D eigenvalue weighted by molar-refractivity contribution is -0.140. The van der Waals surface area contributed by atoms with Crippen molar-refractivity contribution < 1.29 is 33.6 Å². The standard InChI is InChI=1S/C19H19BrN2O7/c1-4-27-19(25)15-9(2)29-18(22)11(7-21)16(15)10-5-12(20)17(13(6-10)26-3)28-8-14(23)24/h5-6,16H,4,8,22H2,1-3H3,(H,23,24). The first-order valence-electron chi connectivity index (χ1n) is 8.42. The number of hydrogen-bond acceptors (Lipinski definition) is 8. The van der Waals surface area contributed by atoms with Crippen molar-refractivity contribution in [3.05, 3.63) is 45.0 Å². The van der Waals surface area contributed by atoms with Crippen molar-refractivity contribution >= 4 is 27.9 Å². The van der Waals surface area contributed by atoms with Crippen molar-refractivity contribution in [3.8, 4) is 17.6 Å². The number of nitrogens with two attached hydrogens (primary N) is 1. The van der Waals surface area contributed by atoms with Gasteiger partial charge in [-0.2, -0.15) is 5.26 Å². The van der Waals surface area contributed by atoms with Gasteiger partial charge >= 0.3 is 11.9 Å². The zero-order valence-corrected chi connectivity index (χ0v) is 17.5. The third-order valence-corrected chi connectivity index (χ3v) is 4.62. The molecule has 0 spiro atoms. The van der Waals surface area contributed by atoms with Crippen LogP contribution in [0, 0.1) is 11.3 Å². The second-order valence-electron chi connectivity index (χ2n) is 5.83. The van der Waals surface area contributed by atoms with E-state index in [1.54, 1.807) is 19.9 Å². The zero-order chi connectivity index (χ0) is 21.7. The average Bonchev–Trinajstić information content (AvgIpc) is 2.65. The average molecular weight is 467 g/mol. The number of ether oxygens (including phenoxy) is 4. The summed E-state index contributed by atoms with van der Waals surface area (Å²) < 4.78 is 21.5. The van der Waals surface area contributed by atoms with Gasteiger partial charge in [0.1, 0.15) is 17.4 Å². The molecular weight excluding hydrogens is 448 g/mol. The fourth-order valence-corrected chi connectivity index (χ4v) is 3.44. The van der Waals surface area contributed by atoms with Gasteiger partial charge in [0.15, 0.2) is 18.1 Å². The number of hydrogen-bond donors (Lipinski definition) is 2. The van der Waals surface area contributed by atoms with Crippen LogP contribution >= 0.6 is 15.9 Å². The number of halogens is 1. The maximum Gasteiger partial charge on any atom is 0.341 e. The number of nitriles is 1. The molecule has 1 aliphatic heterocycles. The number of allylic oxidation sites excluding steroid dienone is 2. The Kier molecular flexibility index (Phi) is 7.12. The van der Waals surface area contributed by atoms with Gasteiger partial charge in [0.25, 0.3) is 0 Å². The molecule has 1 unspecified atom stereocenters. The van der Waals surface area contributed by atoms with Crippen LogP contribution in [0.5, 0.6) is 11.5 Å². The highest BCUT2D eigenvalue weighted by Crippen LogP contribution is 2.45. The van der Waals surface area contributed by atoms with Crippen LogP contribution in [-0.2, 0) is 19.1 Å². The Morgan fingerprint density at radius 2 is 2.10 bits per heavy atom. The third kappa shape index (κ3) is 4.63. The molecule has 0 radical (unpaired) electrons. The summed E-state index contributed by atoms with van der Waals surface area (Å²) in [6.07, 6.45) is 0. The zero-order valence-electron chi connectivity index (χ0n) is 15.9. The number of carboxylic acids is 1. The molecule has 1 aromatic rings. The number of aliphatic carboxylic acids is 1. The molecule has 0 amide bonds. The van der Waals surface area contributed by atoms with Crippen LogP contribution in [0.15, 0.2) is 39.4 Å². The molecule has 0 fully saturated rings. The Balaban J connectivity index is 2.65. The summed E-state index contributed by atoms with van der Waals surface area (Å²) in [6.45, 7) is 2.78. The lowest BCUT2D eigenvalue weighted by Gasteiger charge is -2.27. The van der Waals surface area contributed by atoms with Gasteiger partial charge in [-0.15, -0.1) is 0 Å². The van der Waals surface area contributed by atoms with Crippen LogP contribution in [-0.4, -0.2) is 37.4 Å². The SMILES string of the molecule is CCOC(=O)C1=C(C)OC(N)=C(C#N)C1c1cc(Br)c(OCC(=O)O)c(OC)c1. The van der Waals surface area contributed by atoms with Gasteiger partial charge in [-0.05, 0) is 47.5 Å². The smallest absolute Gasteiger partial charge is 0.341 e. The minimum atomic E-state index is -1.15. The number of carbonyl (C=O) groups is 2. The van der Waals surface area contributed by atoms with Gasteiger partial charge < -0.3 is 29.8 Å². The monoisotopic (exact) mass is 466 g/mol. The van der Waals surface area contributed by atoms with Crippen LogP contribution in [0.4, 0.5) is 0 Å². The number of esters is 1. The summed E-state index contributed by atoms with van der Waals surface area (Å²) in [5, 5.41) is 18.5. The molecule has 0 saturated heterocycles. The van der Waals surface area contributed by atoms with E-state index in [2.05, 4.69) is 15.9 Å². The lowest BCUT2D eigenvalue weighted by Crippen LogP contribution is -2.25. The van der Waals surface area contributed by atoms with E-state index in [0.29, 0.717) is 10.0 Å². The van der Waals surface area contributed by atoms with Crippen LogP contribution in [0.25, 0.3) is 0 Å². The minimum absolute atomic E-state index is 0.0341. The topological polar surface area (TPSA) is 141 Å². The molecule has 0 saturated carbocycles. The first-order valence-corrected chi connectivity index (χ1v) is 9.21. The maximum absolute atomic E-state index is 12.6. The molecule has 154 valence electrons. The number of carboxylic acid groups (broad SMARTS) is 1. The number of rotatable bonds is 7. The maximum atomic E-state index is 12.6. The van der Waals surface area contributed by atoms with Gasteiger partial charge in [0, 0.05) is 0 Å². The minimum Gasteiger partial charge on any atom is -0.493 e. The Bertz CT molecular complexity index is 947. The lowest BCUT2D eigenvalue weighted by atomic mass is 9.83. The van der Waals surface area contributed by atoms with Gasteiger partial charge in [0.2, 0.25) is 5.88 Å². The third-order valence-electron chi connectivity index (χ3n) is 4.03. The quantitative estimate of drug-likeness (QED) is 0.579. The first kappa shape index (κ1) is 22.1. The fourth-order valence-electron chi connectivity index (χ4n) is 2.87. The Hall–Kier alpha value is -3.19. The van der Waals surface area contributed by atoms with Crippen molar-refractivity contribution in [2.24, 2.45) is 5.73 Å². The van der Waals surface area contributed by atoms with E-state index in [-0.39, 0.29) is 40.9 Å². The normalized spacial score (nSPS) is 16.0. The predicted molar refractivity (Wildman–Crippen MR) is 104 cm³/mol. The second kappa shape index (κ2) is 9.34. The van der Waals surface area contributed by atoms with E-state index >= 15 is 0 Å². The molecule has 1 heterocycles. The van der Waals surface area contributed by atoms with E-state index in [9.17, 15) is 14.9 Å². The highest BCUT2D eigenvalue weighted by atomic mass is 79.9. The number of benzene rings is 1. The summed E-state index contributed by atoms with van der Waals surface area (Å²) >= 11 is 3.32. The number of nitrogens with zero attached hydrogens (tertiary/aromatic N) is 1. The second-order valence-corrected chi connectivity index (χ2v) is 6.69. The first-order chi connectivity index (χ1) is 13.7. The summed E-state index contributed by atoms with van der Waals surface area (Å²) in [6, 6.07) is 5.11. The Morgan fingerprint density at radius 3 is 2.66 bits per heavy atom. The fraction of sp³-hybridized carbons (Fsp3) is 0.316. The predicted octanol–water partition coefficient (Wildman–Crippen LogP) is 2.57. The Morgan fingerprint density at radius 1 is 1.41 bits per heavy atom. The van der Waals surface area contributed by atoms with Crippen molar-refractivity contribution in [2.75, 3.05) is 20.3 Å². The molecule has 0 bridgehead atoms. The van der Waals surface area contributed by atoms with Crippen molar-refractivity contribution in [2.45, 2.75) is 19.8 Å². The van der Waals surface area contributed by atoms with E-state index < -0.39 is 24.5 Å². The Labute approximate surface area is 175 Å². The van der Waals surface area contributed by atoms with Crippen LogP contribution in [0.2, 0.25) is 0 Å². The molecule has 1 aliphatic rings. The van der Waals surface area contributed by atoms with E-state index in [1.165, 1.54) is 13.2 Å². The molecule has 29 heavy (non-hydrogen) atoms. The van der Waals surface area contributed by atoms with Gasteiger partial charge in [-0.3, -0.25) is 0 Å². The van der Waals surface area contributed by atoms with Gasteiger partial charge in [-0.25, -0.2) is 9.59 Å². The van der Waals surface area contributed by atoms with E-state index in [4.69, 9.17) is 29.8 Å². The van der Waals surface area contributed by atoms with Gasteiger partial charge in [-0.1, -0.05) is 0 Å². The molecule has 1 aromatic carbocycles. The van der Waals surface area contributed by atoms with E-state index in [1.807, 2.05) is 6.07 Å². The molecule has 0 aromatic heterocycles. The summed E-state index contributed by atoms with van der Waals surface area (Å²) in [5.74, 6) is -2.20. The largest absolute Gasteiger partial charge is 0.493 e. The molecule has 9 nitrogen and oxygen atoms in total. The summed E-state index contributed by atoms with van der Waals surface area (Å²) in [4.78, 5) is 23.4. The van der Waals surface area contributed by atoms with Crippen molar-refractivity contribution in [1.29, 1.82) is 5.26 Å². The van der Waals surface area contributed by atoms with Crippen LogP contribution < -0.4 is 15.2 Å². The molecule has 10 heteroatoms. The van der Waals surface area contributed by atoms with Crippen LogP contribution in [0.3, 0.4) is 0 Å². The van der Waals surface area contributed by atoms with E-state index in [0.717, 1.165) is 0 Å². The highest BCUT2D eigenvalue weighted by molar-refractivity contribution is 9.10. The van der Waals surface area contributed by atoms with Crippen molar-refractivity contribution in [1.82, 2.24) is 0 Å². The number of methoxy groups -OCH3 is 1. The molecule has 0 aliphatic carbocycles. The summed E-state index contributed by atoms with van der Waals surface area (Å²) in [7, 11) is 1.38. The van der Waals surface area contributed by atoms with Crippen molar-refractivity contribution in [3.63, 3.8) is 0 Å². The van der Waals surface area contributed by atoms with Crippen LogP contribution in [0.1, 0.15) is 25.3 Å². The molecule has 2 rings (SSSR count). The summed E-state index contributed by atoms with van der Waals surface area (Å²) in [5.41, 5.74) is 6.52. The molecular formula is C19H19BrN2O7.